The topological polar surface area (TPSA) is 9.23 Å². The normalized spacial score (nSPS) is 10.9. The van der Waals surface area contributed by atoms with Crippen LogP contribution in [0.4, 0.5) is 0 Å². The first-order valence-electron chi connectivity index (χ1n) is 3.55. The summed E-state index contributed by atoms with van der Waals surface area (Å²) in [6, 6.07) is 10.3. The van der Waals surface area contributed by atoms with Crippen molar-refractivity contribution in [1.29, 1.82) is 0 Å². The van der Waals surface area contributed by atoms with E-state index in [9.17, 15) is 0 Å². The molecule has 54 valence electrons. The van der Waals surface area contributed by atoms with Gasteiger partial charge in [-0.3, -0.25) is 0 Å². The number of benzene rings is 1. The van der Waals surface area contributed by atoms with E-state index in [1.165, 1.54) is 5.56 Å². The fraction of sp³-hybridized carbons (Fsp3) is 0.250. The van der Waals surface area contributed by atoms with Crippen LogP contribution in [-0.2, 0) is 11.0 Å². The number of hydrogen-bond acceptors (Lipinski definition) is 1. The third-order valence-electron chi connectivity index (χ3n) is 1.32. The Hall–Kier alpha value is -0.603. The quantitative estimate of drug-likeness (QED) is 0.594. The highest BCUT2D eigenvalue weighted by molar-refractivity contribution is 6.24. The summed E-state index contributed by atoms with van der Waals surface area (Å²) in [6.45, 7) is 2.94. The lowest BCUT2D eigenvalue weighted by Gasteiger charge is -1.99. The Kier molecular flexibility index (Phi) is 3.19. The molecule has 0 saturated heterocycles. The summed E-state index contributed by atoms with van der Waals surface area (Å²) in [7, 11) is -0.230. The highest BCUT2D eigenvalue weighted by atomic mass is 28.2. The van der Waals surface area contributed by atoms with Crippen LogP contribution in [0.15, 0.2) is 30.3 Å². The van der Waals surface area contributed by atoms with Crippen molar-refractivity contribution in [3.8, 4) is 0 Å². The van der Waals surface area contributed by atoms with Crippen LogP contribution >= 0.6 is 0 Å². The lowest BCUT2D eigenvalue weighted by atomic mass is 10.2. The summed E-state index contributed by atoms with van der Waals surface area (Å²) in [4.78, 5) is 0. The van der Waals surface area contributed by atoms with Crippen molar-refractivity contribution in [2.24, 2.45) is 0 Å². The molecule has 1 nitrogen and oxygen atoms in total. The molecule has 10 heavy (non-hydrogen) atoms. The Bertz CT molecular complexity index is 174. The van der Waals surface area contributed by atoms with Crippen molar-refractivity contribution in [3.05, 3.63) is 35.9 Å². The van der Waals surface area contributed by atoms with Crippen LogP contribution in [-0.4, -0.2) is 9.76 Å². The van der Waals surface area contributed by atoms with E-state index < -0.39 is 0 Å². The Morgan fingerprint density at radius 3 is 2.60 bits per heavy atom. The molecule has 0 amide bonds. The van der Waals surface area contributed by atoms with Gasteiger partial charge >= 0.3 is 0 Å². The molecule has 0 bridgehead atoms. The molecule has 0 unspecified atom stereocenters. The molecule has 0 fully saturated rings. The molecule has 0 heterocycles. The van der Waals surface area contributed by atoms with Gasteiger partial charge in [0.25, 0.3) is 0 Å². The lowest BCUT2D eigenvalue weighted by Crippen LogP contribution is -1.93. The van der Waals surface area contributed by atoms with E-state index in [1.807, 2.05) is 18.2 Å². The molecular formula is C8H12OSi. The first-order chi connectivity index (χ1) is 4.93. The van der Waals surface area contributed by atoms with Gasteiger partial charge in [0.05, 0.1) is 6.61 Å². The molecule has 1 aromatic rings. The van der Waals surface area contributed by atoms with Gasteiger partial charge in [0.1, 0.15) is 0 Å². The van der Waals surface area contributed by atoms with Crippen LogP contribution in [0.1, 0.15) is 5.56 Å². The Morgan fingerprint density at radius 2 is 2.00 bits per heavy atom. The molecule has 0 aliphatic heterocycles. The Morgan fingerprint density at radius 1 is 1.30 bits per heavy atom. The number of rotatable bonds is 3. The van der Waals surface area contributed by atoms with E-state index in [4.69, 9.17) is 4.43 Å². The Balaban J connectivity index is 2.43. The minimum atomic E-state index is -0.230. The highest BCUT2D eigenvalue weighted by Crippen LogP contribution is 1.98. The molecular weight excluding hydrogens is 140 g/mol. The Labute approximate surface area is 64.0 Å². The molecule has 0 saturated carbocycles. The smallest absolute Gasteiger partial charge is 0.159 e. The largest absolute Gasteiger partial charge is 0.420 e. The maximum absolute atomic E-state index is 5.36. The first kappa shape index (κ1) is 7.50. The molecule has 0 spiro atoms. The third kappa shape index (κ3) is 2.33. The SMILES string of the molecule is C[SiH2]OCc1ccccc1. The van der Waals surface area contributed by atoms with Crippen molar-refractivity contribution >= 4 is 9.76 Å². The van der Waals surface area contributed by atoms with Crippen molar-refractivity contribution in [2.45, 2.75) is 13.2 Å². The summed E-state index contributed by atoms with van der Waals surface area (Å²) < 4.78 is 5.36. The molecule has 0 N–H and O–H groups in total. The molecule has 1 rings (SSSR count). The van der Waals surface area contributed by atoms with Crippen molar-refractivity contribution < 1.29 is 4.43 Å². The molecule has 1 aromatic carbocycles. The van der Waals surface area contributed by atoms with Gasteiger partial charge in [-0.25, -0.2) is 0 Å². The van der Waals surface area contributed by atoms with E-state index in [0.717, 1.165) is 6.61 Å². The maximum atomic E-state index is 5.36. The first-order valence-corrected chi connectivity index (χ1v) is 5.54. The van der Waals surface area contributed by atoms with Gasteiger partial charge in [0.15, 0.2) is 9.76 Å². The molecule has 0 aliphatic carbocycles. The van der Waals surface area contributed by atoms with E-state index in [0.29, 0.717) is 0 Å². The van der Waals surface area contributed by atoms with E-state index in [2.05, 4.69) is 18.7 Å². The number of hydrogen-bond donors (Lipinski definition) is 0. The zero-order valence-corrected chi connectivity index (χ0v) is 7.62. The predicted octanol–water partition coefficient (Wildman–Crippen LogP) is 1.34. The van der Waals surface area contributed by atoms with Crippen LogP contribution in [0.3, 0.4) is 0 Å². The van der Waals surface area contributed by atoms with Crippen LogP contribution in [0, 0.1) is 0 Å². The third-order valence-corrected chi connectivity index (χ3v) is 1.93. The molecule has 0 atom stereocenters. The zero-order valence-electron chi connectivity index (χ0n) is 6.21. The van der Waals surface area contributed by atoms with Crippen LogP contribution in [0.5, 0.6) is 0 Å². The van der Waals surface area contributed by atoms with Gasteiger partial charge in [-0.2, -0.15) is 0 Å². The maximum Gasteiger partial charge on any atom is 0.159 e. The van der Waals surface area contributed by atoms with Gasteiger partial charge in [-0.15, -0.1) is 0 Å². The average molecular weight is 152 g/mol. The summed E-state index contributed by atoms with van der Waals surface area (Å²) >= 11 is 0. The second kappa shape index (κ2) is 4.25. The summed E-state index contributed by atoms with van der Waals surface area (Å²) in [6.07, 6.45) is 0. The molecule has 0 radical (unpaired) electrons. The fourth-order valence-corrected chi connectivity index (χ4v) is 1.23. The highest BCUT2D eigenvalue weighted by Gasteiger charge is 1.86. The van der Waals surface area contributed by atoms with Crippen LogP contribution in [0.2, 0.25) is 6.55 Å². The van der Waals surface area contributed by atoms with Crippen molar-refractivity contribution in [3.63, 3.8) is 0 Å². The van der Waals surface area contributed by atoms with Crippen LogP contribution in [0.25, 0.3) is 0 Å². The summed E-state index contributed by atoms with van der Waals surface area (Å²) in [5.74, 6) is 0. The summed E-state index contributed by atoms with van der Waals surface area (Å²) in [5.41, 5.74) is 1.27. The fourth-order valence-electron chi connectivity index (χ4n) is 0.794. The molecule has 0 aromatic heterocycles. The minimum absolute atomic E-state index is 0.230. The standard InChI is InChI=1S/C8H12OSi/c1-10-9-7-8-5-3-2-4-6-8/h2-6H,7,10H2,1H3. The molecule has 0 aliphatic rings. The van der Waals surface area contributed by atoms with Gasteiger partial charge in [0.2, 0.25) is 0 Å². The molecule has 2 heteroatoms. The van der Waals surface area contributed by atoms with E-state index >= 15 is 0 Å². The van der Waals surface area contributed by atoms with Crippen LogP contribution < -0.4 is 0 Å². The van der Waals surface area contributed by atoms with Gasteiger partial charge in [-0.1, -0.05) is 36.9 Å². The van der Waals surface area contributed by atoms with Crippen molar-refractivity contribution in [2.75, 3.05) is 0 Å². The monoisotopic (exact) mass is 152 g/mol. The van der Waals surface area contributed by atoms with E-state index in [1.54, 1.807) is 0 Å². The van der Waals surface area contributed by atoms with E-state index in [-0.39, 0.29) is 9.76 Å². The summed E-state index contributed by atoms with van der Waals surface area (Å²) in [5, 5.41) is 0. The second-order valence-electron chi connectivity index (χ2n) is 2.12. The zero-order chi connectivity index (χ0) is 7.23. The lowest BCUT2D eigenvalue weighted by molar-refractivity contribution is 0.327. The van der Waals surface area contributed by atoms with Gasteiger partial charge < -0.3 is 4.43 Å². The van der Waals surface area contributed by atoms with Crippen molar-refractivity contribution in [1.82, 2.24) is 0 Å². The van der Waals surface area contributed by atoms with Gasteiger partial charge in [0, 0.05) is 0 Å². The average Bonchev–Trinajstić information content (AvgIpc) is 2.03. The van der Waals surface area contributed by atoms with Gasteiger partial charge in [-0.05, 0) is 5.56 Å². The second-order valence-corrected chi connectivity index (χ2v) is 3.11. The predicted molar refractivity (Wildman–Crippen MR) is 45.6 cm³/mol. The minimum Gasteiger partial charge on any atom is -0.420 e.